The molecule has 3 rings (SSSR count). The van der Waals surface area contributed by atoms with E-state index in [0.717, 1.165) is 28.3 Å². The van der Waals surface area contributed by atoms with Gasteiger partial charge in [0.25, 0.3) is 0 Å². The molecular formula is C20H20O. The lowest BCUT2D eigenvalue weighted by molar-refractivity contribution is 0.101. The maximum atomic E-state index is 12.3. The van der Waals surface area contributed by atoms with Gasteiger partial charge >= 0.3 is 0 Å². The summed E-state index contributed by atoms with van der Waals surface area (Å²) in [5.74, 6) is 0.143. The van der Waals surface area contributed by atoms with Crippen molar-refractivity contribution in [1.29, 1.82) is 0 Å². The van der Waals surface area contributed by atoms with E-state index < -0.39 is 0 Å². The molecule has 0 bridgehead atoms. The quantitative estimate of drug-likeness (QED) is 0.657. The van der Waals surface area contributed by atoms with Crippen LogP contribution in [-0.2, 0) is 0 Å². The Balaban J connectivity index is 2.30. The average molecular weight is 276 g/mol. The monoisotopic (exact) mass is 276 g/mol. The van der Waals surface area contributed by atoms with E-state index in [4.69, 9.17) is 0 Å². The van der Waals surface area contributed by atoms with Crippen LogP contribution in [-0.4, -0.2) is 5.78 Å². The summed E-state index contributed by atoms with van der Waals surface area (Å²) in [4.78, 5) is 12.3. The van der Waals surface area contributed by atoms with Crippen molar-refractivity contribution < 1.29 is 4.79 Å². The topological polar surface area (TPSA) is 17.1 Å². The smallest absolute Gasteiger partial charge is 0.161 e. The molecule has 0 unspecified atom stereocenters. The number of allylic oxidation sites excluding steroid dienone is 4. The van der Waals surface area contributed by atoms with Gasteiger partial charge in [-0.1, -0.05) is 42.0 Å². The maximum Gasteiger partial charge on any atom is 0.161 e. The molecule has 0 radical (unpaired) electrons. The molecule has 21 heavy (non-hydrogen) atoms. The number of ketones is 1. The van der Waals surface area contributed by atoms with Gasteiger partial charge in [-0.25, -0.2) is 0 Å². The summed E-state index contributed by atoms with van der Waals surface area (Å²) < 4.78 is 0. The Kier molecular flexibility index (Phi) is 3.29. The summed E-state index contributed by atoms with van der Waals surface area (Å²) in [6.45, 7) is 8.19. The summed E-state index contributed by atoms with van der Waals surface area (Å²) in [7, 11) is 0. The molecule has 106 valence electrons. The minimum Gasteiger partial charge on any atom is -0.294 e. The Hall–Kier alpha value is -2.15. The SMILES string of the molecule is CC(=O)c1c(C2=C(C)C(C)=C(C)C2)ccc2ccccc12. The number of rotatable bonds is 2. The molecule has 2 aromatic carbocycles. The predicted molar refractivity (Wildman–Crippen MR) is 89.5 cm³/mol. The van der Waals surface area contributed by atoms with Crippen LogP contribution < -0.4 is 0 Å². The van der Waals surface area contributed by atoms with Gasteiger partial charge in [-0.3, -0.25) is 4.79 Å². The highest BCUT2D eigenvalue weighted by Gasteiger charge is 2.21. The second kappa shape index (κ2) is 5.00. The van der Waals surface area contributed by atoms with Crippen LogP contribution in [0.3, 0.4) is 0 Å². The van der Waals surface area contributed by atoms with Crippen LogP contribution in [0.2, 0.25) is 0 Å². The fourth-order valence-electron chi connectivity index (χ4n) is 3.28. The molecule has 1 heteroatoms. The first-order chi connectivity index (χ1) is 10.0. The fourth-order valence-corrected chi connectivity index (χ4v) is 3.28. The second-order valence-electron chi connectivity index (χ2n) is 5.95. The number of carbonyl (C=O) groups is 1. The van der Waals surface area contributed by atoms with E-state index in [1.165, 1.54) is 22.3 Å². The molecule has 0 aliphatic heterocycles. The number of Topliss-reactive ketones (excluding diaryl/α,β-unsaturated/α-hetero) is 1. The predicted octanol–water partition coefficient (Wildman–Crippen LogP) is 5.56. The van der Waals surface area contributed by atoms with Crippen LogP contribution in [0.1, 0.15) is 50.0 Å². The minimum absolute atomic E-state index is 0.143. The van der Waals surface area contributed by atoms with E-state index >= 15 is 0 Å². The second-order valence-corrected chi connectivity index (χ2v) is 5.95. The van der Waals surface area contributed by atoms with Crippen molar-refractivity contribution in [2.75, 3.05) is 0 Å². The first-order valence-corrected chi connectivity index (χ1v) is 7.40. The normalized spacial score (nSPS) is 15.2. The van der Waals surface area contributed by atoms with Crippen LogP contribution in [0.15, 0.2) is 53.1 Å². The maximum absolute atomic E-state index is 12.3. The number of carbonyl (C=O) groups excluding carboxylic acids is 1. The zero-order valence-corrected chi connectivity index (χ0v) is 13.1. The molecule has 0 spiro atoms. The molecular weight excluding hydrogens is 256 g/mol. The molecule has 0 amide bonds. The Morgan fingerprint density at radius 1 is 0.952 bits per heavy atom. The molecule has 0 heterocycles. The Morgan fingerprint density at radius 2 is 1.67 bits per heavy atom. The van der Waals surface area contributed by atoms with Crippen LogP contribution in [0, 0.1) is 0 Å². The fraction of sp³-hybridized carbons (Fsp3) is 0.250. The summed E-state index contributed by atoms with van der Waals surface area (Å²) in [5.41, 5.74) is 7.38. The largest absolute Gasteiger partial charge is 0.294 e. The molecule has 0 saturated carbocycles. The summed E-state index contributed by atoms with van der Waals surface area (Å²) in [6.07, 6.45) is 0.955. The Labute approximate surface area is 126 Å². The van der Waals surface area contributed by atoms with E-state index in [1.54, 1.807) is 6.92 Å². The van der Waals surface area contributed by atoms with Gasteiger partial charge in [0.05, 0.1) is 0 Å². The first-order valence-electron chi connectivity index (χ1n) is 7.40. The molecule has 0 aromatic heterocycles. The average Bonchev–Trinajstić information content (AvgIpc) is 2.73. The highest BCUT2D eigenvalue weighted by atomic mass is 16.1. The van der Waals surface area contributed by atoms with E-state index in [0.29, 0.717) is 0 Å². The van der Waals surface area contributed by atoms with Crippen LogP contribution in [0.5, 0.6) is 0 Å². The number of hydrogen-bond donors (Lipinski definition) is 0. The third-order valence-electron chi connectivity index (χ3n) is 4.70. The van der Waals surface area contributed by atoms with Gasteiger partial charge in [-0.2, -0.15) is 0 Å². The zero-order chi connectivity index (χ0) is 15.1. The van der Waals surface area contributed by atoms with Crippen molar-refractivity contribution in [3.8, 4) is 0 Å². The van der Waals surface area contributed by atoms with Gasteiger partial charge in [-0.15, -0.1) is 0 Å². The number of benzene rings is 2. The van der Waals surface area contributed by atoms with Crippen LogP contribution >= 0.6 is 0 Å². The lowest BCUT2D eigenvalue weighted by Gasteiger charge is -2.13. The molecule has 1 nitrogen and oxygen atoms in total. The van der Waals surface area contributed by atoms with Gasteiger partial charge in [0.2, 0.25) is 0 Å². The lowest BCUT2D eigenvalue weighted by atomic mass is 9.89. The third kappa shape index (κ3) is 2.13. The molecule has 0 saturated heterocycles. The van der Waals surface area contributed by atoms with Gasteiger partial charge in [0.15, 0.2) is 5.78 Å². The van der Waals surface area contributed by atoms with E-state index in [2.05, 4.69) is 39.0 Å². The van der Waals surface area contributed by atoms with Gasteiger partial charge in [0, 0.05) is 5.56 Å². The molecule has 0 atom stereocenters. The minimum atomic E-state index is 0.143. The molecule has 2 aromatic rings. The lowest BCUT2D eigenvalue weighted by Crippen LogP contribution is -2.01. The number of hydrogen-bond acceptors (Lipinski definition) is 1. The number of fused-ring (bicyclic) bond motifs is 1. The summed E-state index contributed by atoms with van der Waals surface area (Å²) in [5, 5.41) is 2.19. The third-order valence-corrected chi connectivity index (χ3v) is 4.70. The van der Waals surface area contributed by atoms with Crippen LogP contribution in [0.25, 0.3) is 16.3 Å². The van der Waals surface area contributed by atoms with Crippen molar-refractivity contribution >= 4 is 22.1 Å². The standard InChI is InChI=1S/C20H20O/c1-12-11-19(14(3)13(12)2)18-10-9-16-7-5-6-8-17(16)20(18)15(4)21/h5-10H,11H2,1-4H3. The Bertz CT molecular complexity index is 819. The van der Waals surface area contributed by atoms with Crippen molar-refractivity contribution in [2.24, 2.45) is 0 Å². The van der Waals surface area contributed by atoms with Crippen molar-refractivity contribution in [3.05, 3.63) is 64.2 Å². The van der Waals surface area contributed by atoms with E-state index in [1.807, 2.05) is 18.2 Å². The molecule has 0 fully saturated rings. The summed E-state index contributed by atoms with van der Waals surface area (Å²) >= 11 is 0. The highest BCUT2D eigenvalue weighted by Crippen LogP contribution is 2.40. The van der Waals surface area contributed by atoms with Gasteiger partial charge < -0.3 is 0 Å². The molecule has 1 aliphatic rings. The van der Waals surface area contributed by atoms with Crippen molar-refractivity contribution in [1.82, 2.24) is 0 Å². The van der Waals surface area contributed by atoms with E-state index in [-0.39, 0.29) is 5.78 Å². The van der Waals surface area contributed by atoms with Gasteiger partial charge in [0.1, 0.15) is 0 Å². The van der Waals surface area contributed by atoms with Gasteiger partial charge in [-0.05, 0) is 67.2 Å². The molecule has 1 aliphatic carbocycles. The first kappa shape index (κ1) is 13.8. The summed E-state index contributed by atoms with van der Waals surface area (Å²) in [6, 6.07) is 12.4. The Morgan fingerprint density at radius 3 is 2.29 bits per heavy atom. The zero-order valence-electron chi connectivity index (χ0n) is 13.1. The molecule has 0 N–H and O–H groups in total. The van der Waals surface area contributed by atoms with Crippen molar-refractivity contribution in [3.63, 3.8) is 0 Å². The highest BCUT2D eigenvalue weighted by molar-refractivity contribution is 6.11. The van der Waals surface area contributed by atoms with E-state index in [9.17, 15) is 4.79 Å². The van der Waals surface area contributed by atoms with Crippen molar-refractivity contribution in [2.45, 2.75) is 34.1 Å². The van der Waals surface area contributed by atoms with Crippen LogP contribution in [0.4, 0.5) is 0 Å².